The Kier molecular flexibility index (Phi) is 6.65. The Balaban J connectivity index is 1.39. The van der Waals surface area contributed by atoms with Crippen molar-refractivity contribution in [1.29, 1.82) is 0 Å². The highest BCUT2D eigenvalue weighted by atomic mass is 32.1. The summed E-state index contributed by atoms with van der Waals surface area (Å²) in [6.45, 7) is 4.42. The molecule has 8 heteroatoms. The number of aliphatic carboxylic acids is 1. The van der Waals surface area contributed by atoms with E-state index in [4.69, 9.17) is 9.94 Å². The van der Waals surface area contributed by atoms with Gasteiger partial charge in [0.2, 0.25) is 0 Å². The van der Waals surface area contributed by atoms with Crippen molar-refractivity contribution >= 4 is 30.2 Å². The van der Waals surface area contributed by atoms with Gasteiger partial charge in [-0.05, 0) is 86.0 Å². The number of aliphatic hydroxyl groups is 1. The maximum atomic E-state index is 11.9. The molecule has 3 N–H and O–H groups in total. The minimum absolute atomic E-state index is 0.0153. The summed E-state index contributed by atoms with van der Waals surface area (Å²) in [7, 11) is 0. The maximum absolute atomic E-state index is 11.9. The highest BCUT2D eigenvalue weighted by molar-refractivity contribution is 7.80. The third-order valence-corrected chi connectivity index (χ3v) is 9.49. The van der Waals surface area contributed by atoms with Crippen LogP contribution in [0.5, 0.6) is 0 Å². The molecule has 4 aliphatic rings. The third kappa shape index (κ3) is 4.09. The number of nitrogens with one attached hydrogen (secondary N) is 1. The van der Waals surface area contributed by atoms with E-state index >= 15 is 0 Å². The summed E-state index contributed by atoms with van der Waals surface area (Å²) in [6.07, 6.45) is 10.5. The van der Waals surface area contributed by atoms with Crippen LogP contribution in [0.2, 0.25) is 0 Å². The van der Waals surface area contributed by atoms with Gasteiger partial charge in [-0.1, -0.05) is 24.6 Å². The number of carbonyl (C=O) groups excluding carboxylic acids is 1. The van der Waals surface area contributed by atoms with Gasteiger partial charge in [-0.15, -0.1) is 0 Å². The van der Waals surface area contributed by atoms with Crippen LogP contribution in [0.15, 0.2) is 16.8 Å². The van der Waals surface area contributed by atoms with Gasteiger partial charge in [0.25, 0.3) is 5.91 Å². The van der Waals surface area contributed by atoms with Crippen molar-refractivity contribution in [3.8, 4) is 0 Å². The van der Waals surface area contributed by atoms with Crippen molar-refractivity contribution in [2.45, 2.75) is 77.4 Å². The first kappa shape index (κ1) is 23.6. The molecule has 178 valence electrons. The van der Waals surface area contributed by atoms with Gasteiger partial charge in [-0.2, -0.15) is 12.6 Å². The molecule has 32 heavy (non-hydrogen) atoms. The van der Waals surface area contributed by atoms with E-state index in [1.807, 2.05) is 0 Å². The predicted octanol–water partition coefficient (Wildman–Crippen LogP) is 3.18. The molecule has 4 rings (SSSR count). The number of rotatable bonds is 6. The average Bonchev–Trinajstić information content (AvgIpc) is 3.06. The summed E-state index contributed by atoms with van der Waals surface area (Å²) in [6, 6.07) is -1.03. The molecule has 0 aromatic rings. The van der Waals surface area contributed by atoms with Crippen LogP contribution < -0.4 is 5.32 Å². The summed E-state index contributed by atoms with van der Waals surface area (Å²) in [4.78, 5) is 28.1. The van der Waals surface area contributed by atoms with E-state index in [-0.39, 0.29) is 29.3 Å². The van der Waals surface area contributed by atoms with Gasteiger partial charge in [0, 0.05) is 5.75 Å². The zero-order valence-corrected chi connectivity index (χ0v) is 19.9. The normalized spacial score (nSPS) is 40.5. The Morgan fingerprint density at radius 1 is 1.22 bits per heavy atom. The van der Waals surface area contributed by atoms with Gasteiger partial charge in [0.15, 0.2) is 6.61 Å². The molecule has 1 amide bonds. The summed E-state index contributed by atoms with van der Waals surface area (Å²) < 4.78 is 0. The lowest BCUT2D eigenvalue weighted by Gasteiger charge is -2.57. The van der Waals surface area contributed by atoms with Gasteiger partial charge < -0.3 is 20.4 Å². The van der Waals surface area contributed by atoms with Crippen LogP contribution >= 0.6 is 12.6 Å². The van der Waals surface area contributed by atoms with Crippen LogP contribution in [0.3, 0.4) is 0 Å². The molecule has 0 unspecified atom stereocenters. The molecule has 0 bridgehead atoms. The van der Waals surface area contributed by atoms with E-state index in [0.717, 1.165) is 44.2 Å². The number of allylic oxidation sites excluding steroid dienone is 2. The number of fused-ring (bicyclic) bond motifs is 5. The first-order valence-corrected chi connectivity index (χ1v) is 12.5. The van der Waals surface area contributed by atoms with Crippen LogP contribution in [0, 0.1) is 28.6 Å². The molecule has 0 aromatic carbocycles. The number of hydrogen-bond donors (Lipinski definition) is 4. The number of amides is 1. The van der Waals surface area contributed by atoms with Gasteiger partial charge in [0.05, 0.1) is 11.8 Å². The van der Waals surface area contributed by atoms with E-state index in [1.165, 1.54) is 18.4 Å². The van der Waals surface area contributed by atoms with Crippen molar-refractivity contribution in [2.24, 2.45) is 33.7 Å². The fraction of sp³-hybridized carbons (Fsp3) is 0.792. The second-order valence-electron chi connectivity index (χ2n) is 10.6. The van der Waals surface area contributed by atoms with E-state index < -0.39 is 17.9 Å². The minimum atomic E-state index is -1.12. The molecule has 0 spiro atoms. The van der Waals surface area contributed by atoms with E-state index in [9.17, 15) is 14.7 Å². The Morgan fingerprint density at radius 2 is 2.00 bits per heavy atom. The number of aliphatic hydroxyl groups excluding tert-OH is 1. The second kappa shape index (κ2) is 9.01. The third-order valence-electron chi connectivity index (χ3n) is 9.12. The zero-order valence-electron chi connectivity index (χ0n) is 19.0. The van der Waals surface area contributed by atoms with Crippen LogP contribution in [0.25, 0.3) is 0 Å². The zero-order chi connectivity index (χ0) is 23.1. The SMILES string of the molecule is C[C@]12CC[C@@H]3[C@H](CCC4=CC(=NOCC(=O)N[C@H](CS)C(=O)O)CC[C@@]43C)[C@@H]1CC[C@H]2O. The first-order valence-electron chi connectivity index (χ1n) is 11.9. The fourth-order valence-corrected chi connectivity index (χ4v) is 7.46. The summed E-state index contributed by atoms with van der Waals surface area (Å²) in [5, 5.41) is 26.2. The molecule has 0 aliphatic heterocycles. The van der Waals surface area contributed by atoms with E-state index in [0.29, 0.717) is 17.8 Å². The quantitative estimate of drug-likeness (QED) is 0.357. The smallest absolute Gasteiger partial charge is 0.327 e. The predicted molar refractivity (Wildman–Crippen MR) is 125 cm³/mol. The van der Waals surface area contributed by atoms with E-state index in [1.54, 1.807) is 0 Å². The molecule has 7 nitrogen and oxygen atoms in total. The maximum Gasteiger partial charge on any atom is 0.327 e. The van der Waals surface area contributed by atoms with Crippen LogP contribution in [-0.4, -0.2) is 52.3 Å². The van der Waals surface area contributed by atoms with Crippen molar-refractivity contribution in [3.05, 3.63) is 11.6 Å². The molecule has 3 saturated carbocycles. The number of hydrogen-bond acceptors (Lipinski definition) is 6. The number of nitrogens with zero attached hydrogens (tertiary/aromatic N) is 1. The van der Waals surface area contributed by atoms with Gasteiger partial charge in [-0.25, -0.2) is 4.79 Å². The van der Waals surface area contributed by atoms with Crippen molar-refractivity contribution in [2.75, 3.05) is 12.4 Å². The monoisotopic (exact) mass is 464 g/mol. The molecular weight excluding hydrogens is 428 g/mol. The Bertz CT molecular complexity index is 829. The lowest BCUT2D eigenvalue weighted by Crippen LogP contribution is -2.51. The van der Waals surface area contributed by atoms with Crippen molar-refractivity contribution < 1.29 is 24.6 Å². The highest BCUT2D eigenvalue weighted by Gasteiger charge is 2.58. The summed E-state index contributed by atoms with van der Waals surface area (Å²) in [5.74, 6) is 0.365. The molecule has 0 heterocycles. The Labute approximate surface area is 195 Å². The molecule has 0 saturated heterocycles. The highest BCUT2D eigenvalue weighted by Crippen LogP contribution is 2.65. The van der Waals surface area contributed by atoms with Crippen molar-refractivity contribution in [1.82, 2.24) is 5.32 Å². The van der Waals surface area contributed by atoms with Gasteiger partial charge >= 0.3 is 5.97 Å². The van der Waals surface area contributed by atoms with Crippen molar-refractivity contribution in [3.63, 3.8) is 0 Å². The number of oxime groups is 1. The number of carboxylic acids is 1. The Morgan fingerprint density at radius 3 is 2.72 bits per heavy atom. The average molecular weight is 465 g/mol. The van der Waals surface area contributed by atoms with E-state index in [2.05, 4.69) is 43.0 Å². The number of thiol groups is 1. The molecule has 7 atom stereocenters. The first-order chi connectivity index (χ1) is 15.2. The number of carbonyl (C=O) groups is 2. The topological polar surface area (TPSA) is 108 Å². The molecule has 0 aromatic heterocycles. The minimum Gasteiger partial charge on any atom is -0.480 e. The summed E-state index contributed by atoms with van der Waals surface area (Å²) in [5.41, 5.74) is 2.57. The lowest BCUT2D eigenvalue weighted by molar-refractivity contribution is -0.141. The lowest BCUT2D eigenvalue weighted by atomic mass is 9.47. The van der Waals surface area contributed by atoms with Gasteiger partial charge in [-0.3, -0.25) is 4.79 Å². The second-order valence-corrected chi connectivity index (χ2v) is 11.0. The summed E-state index contributed by atoms with van der Waals surface area (Å²) >= 11 is 3.93. The largest absolute Gasteiger partial charge is 0.480 e. The Hall–Kier alpha value is -1.54. The molecule has 4 aliphatic carbocycles. The van der Waals surface area contributed by atoms with Gasteiger partial charge in [0.1, 0.15) is 6.04 Å². The standard InChI is InChI=1S/C24H36N2O5S/c1-23-9-7-15(26-31-12-21(28)25-19(13-32)22(29)30)11-14(23)3-4-16-17-5-6-20(27)24(17,2)10-8-18(16)23/h11,16-20,27,32H,3-10,12-13H2,1-2H3,(H,25,28)(H,29,30)/t16-,17+,18-,19-,20-,23+,24+/m1/s1. The van der Waals surface area contributed by atoms with Crippen LogP contribution in [0.4, 0.5) is 0 Å². The molecule has 0 radical (unpaired) electrons. The molecule has 3 fully saturated rings. The fourth-order valence-electron chi connectivity index (χ4n) is 7.21. The molecular formula is C24H36N2O5S. The van der Waals surface area contributed by atoms with Crippen LogP contribution in [-0.2, 0) is 14.4 Å². The van der Waals surface area contributed by atoms with Crippen LogP contribution in [0.1, 0.15) is 65.2 Å². The number of carboxylic acid groups (broad SMARTS) is 1.